The number of carbonyl (C=O) groups excluding carboxylic acids is 2. The number of hydrogen-bond donors (Lipinski definition) is 1. The van der Waals surface area contributed by atoms with Gasteiger partial charge in [-0.1, -0.05) is 11.6 Å². The third-order valence-corrected chi connectivity index (χ3v) is 3.80. The van der Waals surface area contributed by atoms with Crippen molar-refractivity contribution in [1.82, 2.24) is 10.2 Å². The van der Waals surface area contributed by atoms with Crippen molar-refractivity contribution >= 4 is 23.4 Å². The highest BCUT2D eigenvalue weighted by Crippen LogP contribution is 2.24. The molecule has 1 saturated heterocycles. The second-order valence-corrected chi connectivity index (χ2v) is 5.87. The van der Waals surface area contributed by atoms with Gasteiger partial charge in [0.15, 0.2) is 0 Å². The Kier molecular flexibility index (Phi) is 3.73. The molecule has 1 unspecified atom stereocenters. The van der Waals surface area contributed by atoms with Crippen molar-refractivity contribution in [1.29, 1.82) is 0 Å². The average molecular weight is 299 g/mol. The maximum atomic E-state index is 13.3. The molecule has 1 aliphatic heterocycles. The molecule has 1 aromatic carbocycles. The van der Waals surface area contributed by atoms with Crippen molar-refractivity contribution in [2.75, 3.05) is 0 Å². The van der Waals surface area contributed by atoms with Gasteiger partial charge in [0, 0.05) is 11.6 Å². The lowest BCUT2D eigenvalue weighted by molar-refractivity contribution is -0.153. The molecular formula is C14H16ClFN2O2. The zero-order valence-corrected chi connectivity index (χ0v) is 12.3. The predicted molar refractivity (Wildman–Crippen MR) is 73.6 cm³/mol. The van der Waals surface area contributed by atoms with Crippen LogP contribution in [0.15, 0.2) is 18.2 Å². The lowest BCUT2D eigenvalue weighted by Crippen LogP contribution is -2.66. The van der Waals surface area contributed by atoms with Crippen LogP contribution in [0, 0.1) is 5.82 Å². The van der Waals surface area contributed by atoms with Gasteiger partial charge in [0.25, 0.3) is 0 Å². The van der Waals surface area contributed by atoms with Gasteiger partial charge in [-0.25, -0.2) is 4.39 Å². The molecule has 0 aliphatic carbocycles. The summed E-state index contributed by atoms with van der Waals surface area (Å²) in [5.74, 6) is -0.878. The van der Waals surface area contributed by atoms with Crippen molar-refractivity contribution in [3.63, 3.8) is 0 Å². The van der Waals surface area contributed by atoms with Gasteiger partial charge in [0.05, 0.1) is 0 Å². The van der Waals surface area contributed by atoms with Gasteiger partial charge >= 0.3 is 0 Å². The second kappa shape index (κ2) is 5.05. The lowest BCUT2D eigenvalue weighted by Gasteiger charge is -2.41. The van der Waals surface area contributed by atoms with Gasteiger partial charge in [-0.15, -0.1) is 0 Å². The molecule has 2 amide bonds. The summed E-state index contributed by atoms with van der Waals surface area (Å²) in [6.07, 6.45) is 0. The highest BCUT2D eigenvalue weighted by Gasteiger charge is 2.43. The first-order chi connectivity index (χ1) is 9.22. The minimum absolute atomic E-state index is 0.105. The molecule has 1 heterocycles. The van der Waals surface area contributed by atoms with Gasteiger partial charge in [-0.3, -0.25) is 9.59 Å². The summed E-state index contributed by atoms with van der Waals surface area (Å²) in [7, 11) is 0. The highest BCUT2D eigenvalue weighted by molar-refractivity contribution is 6.31. The number of nitrogens with zero attached hydrogens (tertiary/aromatic N) is 1. The van der Waals surface area contributed by atoms with Crippen LogP contribution >= 0.6 is 11.6 Å². The number of amides is 2. The Morgan fingerprint density at radius 1 is 1.40 bits per heavy atom. The van der Waals surface area contributed by atoms with E-state index in [1.54, 1.807) is 20.8 Å². The quantitative estimate of drug-likeness (QED) is 0.909. The maximum absolute atomic E-state index is 13.3. The van der Waals surface area contributed by atoms with Crippen LogP contribution in [0.3, 0.4) is 0 Å². The zero-order chi connectivity index (χ0) is 15.1. The van der Waals surface area contributed by atoms with Crippen LogP contribution in [0.4, 0.5) is 4.39 Å². The SMILES string of the molecule is CC1C(=O)NC(C)(C)C(=O)N1Cc1cc(F)ccc1Cl. The number of carbonyl (C=O) groups is 2. The number of rotatable bonds is 2. The monoisotopic (exact) mass is 298 g/mol. The minimum Gasteiger partial charge on any atom is -0.340 e. The fourth-order valence-electron chi connectivity index (χ4n) is 2.20. The fourth-order valence-corrected chi connectivity index (χ4v) is 2.38. The first-order valence-corrected chi connectivity index (χ1v) is 6.67. The molecule has 20 heavy (non-hydrogen) atoms. The summed E-state index contributed by atoms with van der Waals surface area (Å²) in [5, 5.41) is 3.03. The first-order valence-electron chi connectivity index (χ1n) is 6.29. The molecule has 4 nitrogen and oxygen atoms in total. The highest BCUT2D eigenvalue weighted by atomic mass is 35.5. The molecule has 6 heteroatoms. The second-order valence-electron chi connectivity index (χ2n) is 5.46. The Morgan fingerprint density at radius 3 is 2.70 bits per heavy atom. The Balaban J connectivity index is 2.32. The Bertz CT molecular complexity index is 574. The number of benzene rings is 1. The molecule has 1 fully saturated rings. The Labute approximate surface area is 121 Å². The van der Waals surface area contributed by atoms with Crippen LogP contribution in [0.1, 0.15) is 26.3 Å². The van der Waals surface area contributed by atoms with Crippen LogP contribution < -0.4 is 5.32 Å². The van der Waals surface area contributed by atoms with E-state index >= 15 is 0 Å². The zero-order valence-electron chi connectivity index (χ0n) is 11.5. The average Bonchev–Trinajstić information content (AvgIpc) is 2.36. The minimum atomic E-state index is -0.969. The van der Waals surface area contributed by atoms with Crippen molar-refractivity contribution in [2.24, 2.45) is 0 Å². The molecule has 0 bridgehead atoms. The van der Waals surface area contributed by atoms with Crippen LogP contribution in [-0.4, -0.2) is 28.3 Å². The molecular weight excluding hydrogens is 283 g/mol. The van der Waals surface area contributed by atoms with Crippen molar-refractivity contribution in [3.8, 4) is 0 Å². The van der Waals surface area contributed by atoms with E-state index in [0.29, 0.717) is 10.6 Å². The molecule has 1 aromatic rings. The van der Waals surface area contributed by atoms with E-state index < -0.39 is 17.4 Å². The third kappa shape index (κ3) is 2.63. The van der Waals surface area contributed by atoms with Gasteiger partial charge < -0.3 is 10.2 Å². The molecule has 2 rings (SSSR count). The van der Waals surface area contributed by atoms with E-state index in [1.165, 1.54) is 23.1 Å². The Hall–Kier alpha value is -1.62. The number of halogens is 2. The van der Waals surface area contributed by atoms with E-state index in [0.717, 1.165) is 0 Å². The standard InChI is InChI=1S/C14H16ClFN2O2/c1-8-12(19)17-14(2,3)13(20)18(8)7-9-6-10(16)4-5-11(9)15/h4-6,8H,7H2,1-3H3,(H,17,19). The summed E-state index contributed by atoms with van der Waals surface area (Å²) >= 11 is 6.01. The molecule has 1 N–H and O–H groups in total. The molecule has 0 spiro atoms. The van der Waals surface area contributed by atoms with Crippen LogP contribution in [-0.2, 0) is 16.1 Å². The normalized spacial score (nSPS) is 21.9. The lowest BCUT2D eigenvalue weighted by atomic mass is 9.97. The molecule has 1 aliphatic rings. The van der Waals surface area contributed by atoms with Crippen molar-refractivity contribution in [2.45, 2.75) is 38.9 Å². The van der Waals surface area contributed by atoms with Gasteiger partial charge in [-0.05, 0) is 44.5 Å². The maximum Gasteiger partial charge on any atom is 0.248 e. The summed E-state index contributed by atoms with van der Waals surface area (Å²) < 4.78 is 13.3. The number of nitrogens with one attached hydrogen (secondary N) is 1. The van der Waals surface area contributed by atoms with E-state index in [4.69, 9.17) is 11.6 Å². The van der Waals surface area contributed by atoms with E-state index in [2.05, 4.69) is 5.32 Å². The summed E-state index contributed by atoms with van der Waals surface area (Å²) in [6.45, 7) is 5.02. The fraction of sp³-hybridized carbons (Fsp3) is 0.429. The largest absolute Gasteiger partial charge is 0.340 e. The molecule has 108 valence electrons. The molecule has 0 radical (unpaired) electrons. The molecule has 0 saturated carbocycles. The summed E-state index contributed by atoms with van der Waals surface area (Å²) in [5.41, 5.74) is -0.485. The van der Waals surface area contributed by atoms with E-state index in [-0.39, 0.29) is 18.4 Å². The summed E-state index contributed by atoms with van der Waals surface area (Å²) in [6, 6.07) is 3.36. The van der Waals surface area contributed by atoms with E-state index in [9.17, 15) is 14.0 Å². The predicted octanol–water partition coefficient (Wildman–Crippen LogP) is 2.10. The van der Waals surface area contributed by atoms with Gasteiger partial charge in [0.2, 0.25) is 11.8 Å². The first kappa shape index (κ1) is 14.8. The Morgan fingerprint density at radius 2 is 2.05 bits per heavy atom. The van der Waals surface area contributed by atoms with Gasteiger partial charge in [-0.2, -0.15) is 0 Å². The molecule has 1 atom stereocenters. The molecule has 0 aromatic heterocycles. The number of hydrogen-bond acceptors (Lipinski definition) is 2. The van der Waals surface area contributed by atoms with Crippen molar-refractivity contribution in [3.05, 3.63) is 34.6 Å². The van der Waals surface area contributed by atoms with Crippen LogP contribution in [0.2, 0.25) is 5.02 Å². The van der Waals surface area contributed by atoms with E-state index in [1.807, 2.05) is 0 Å². The third-order valence-electron chi connectivity index (χ3n) is 3.43. The summed E-state index contributed by atoms with van der Waals surface area (Å²) in [4.78, 5) is 25.7. The van der Waals surface area contributed by atoms with Crippen LogP contribution in [0.25, 0.3) is 0 Å². The van der Waals surface area contributed by atoms with Crippen LogP contribution in [0.5, 0.6) is 0 Å². The number of piperazine rings is 1. The topological polar surface area (TPSA) is 49.4 Å². The smallest absolute Gasteiger partial charge is 0.248 e. The van der Waals surface area contributed by atoms with Crippen molar-refractivity contribution < 1.29 is 14.0 Å². The van der Waals surface area contributed by atoms with Gasteiger partial charge in [0.1, 0.15) is 17.4 Å².